The predicted octanol–water partition coefficient (Wildman–Crippen LogP) is 2.56. The van der Waals surface area contributed by atoms with Crippen molar-refractivity contribution in [3.05, 3.63) is 28.8 Å². The van der Waals surface area contributed by atoms with E-state index in [1.807, 2.05) is 0 Å². The van der Waals surface area contributed by atoms with Crippen LogP contribution >= 0.6 is 11.6 Å². The average molecular weight is 293 g/mol. The van der Waals surface area contributed by atoms with Gasteiger partial charge in [0.2, 0.25) is 0 Å². The van der Waals surface area contributed by atoms with E-state index in [4.69, 9.17) is 11.6 Å². The van der Waals surface area contributed by atoms with Gasteiger partial charge in [0, 0.05) is 18.1 Å². The fourth-order valence-corrected chi connectivity index (χ4v) is 2.99. The molecule has 0 atom stereocenters. The van der Waals surface area contributed by atoms with Gasteiger partial charge in [-0.15, -0.1) is 0 Å². The highest BCUT2D eigenvalue weighted by Crippen LogP contribution is 2.31. The van der Waals surface area contributed by atoms with Gasteiger partial charge in [-0.25, -0.2) is 0 Å². The van der Waals surface area contributed by atoms with Crippen molar-refractivity contribution in [2.24, 2.45) is 5.92 Å². The fraction of sp³-hybridized carbons (Fsp3) is 0.467. The number of anilines is 1. The first-order valence-electron chi connectivity index (χ1n) is 6.94. The lowest BCUT2D eigenvalue weighted by molar-refractivity contribution is -0.114. The molecule has 1 amide bonds. The molecule has 2 heterocycles. The topological polar surface area (TPSA) is 40.6 Å². The lowest BCUT2D eigenvalue weighted by Gasteiger charge is -2.33. The summed E-state index contributed by atoms with van der Waals surface area (Å²) in [5.41, 5.74) is 1.11. The lowest BCUT2D eigenvalue weighted by Crippen LogP contribution is -2.44. The third kappa shape index (κ3) is 2.34. The van der Waals surface area contributed by atoms with Gasteiger partial charge in [-0.3, -0.25) is 19.4 Å². The number of carbonyl (C=O) groups excluding carboxylic acids is 2. The minimum Gasteiger partial charge on any atom is -0.291 e. The molecule has 0 radical (unpaired) electrons. The second-order valence-corrected chi connectivity index (χ2v) is 6.10. The Kier molecular flexibility index (Phi) is 3.52. The van der Waals surface area contributed by atoms with Crippen molar-refractivity contribution in [3.63, 3.8) is 0 Å². The third-order valence-electron chi connectivity index (χ3n) is 4.15. The van der Waals surface area contributed by atoms with E-state index in [1.165, 1.54) is 0 Å². The summed E-state index contributed by atoms with van der Waals surface area (Å²) in [5.74, 6) is -0.151. The minimum absolute atomic E-state index is 0.424. The van der Waals surface area contributed by atoms with Gasteiger partial charge in [-0.1, -0.05) is 18.5 Å². The van der Waals surface area contributed by atoms with Crippen LogP contribution in [0.3, 0.4) is 0 Å². The van der Waals surface area contributed by atoms with Crippen molar-refractivity contribution in [3.8, 4) is 0 Å². The molecule has 2 aliphatic heterocycles. The lowest BCUT2D eigenvalue weighted by atomic mass is 10.00. The highest BCUT2D eigenvalue weighted by atomic mass is 35.5. The van der Waals surface area contributed by atoms with Crippen molar-refractivity contribution in [1.29, 1.82) is 0 Å². The fourth-order valence-electron chi connectivity index (χ4n) is 2.82. The van der Waals surface area contributed by atoms with E-state index in [0.29, 0.717) is 22.9 Å². The van der Waals surface area contributed by atoms with Gasteiger partial charge in [-0.05, 0) is 37.0 Å². The van der Waals surface area contributed by atoms with Crippen molar-refractivity contribution in [2.75, 3.05) is 24.7 Å². The molecule has 2 aliphatic rings. The first-order chi connectivity index (χ1) is 9.56. The van der Waals surface area contributed by atoms with Gasteiger partial charge in [0.05, 0.1) is 17.9 Å². The molecule has 20 heavy (non-hydrogen) atoms. The number of hydrogen-bond acceptors (Lipinski definition) is 3. The van der Waals surface area contributed by atoms with Crippen molar-refractivity contribution in [2.45, 2.75) is 19.8 Å². The van der Waals surface area contributed by atoms with Gasteiger partial charge >= 0.3 is 5.91 Å². The molecule has 0 saturated carbocycles. The highest BCUT2D eigenvalue weighted by molar-refractivity contribution is 6.52. The smallest absolute Gasteiger partial charge is 0.291 e. The van der Waals surface area contributed by atoms with Crippen LogP contribution in [0.4, 0.5) is 5.69 Å². The van der Waals surface area contributed by atoms with E-state index >= 15 is 0 Å². The monoisotopic (exact) mass is 292 g/mol. The Morgan fingerprint density at radius 1 is 1.25 bits per heavy atom. The molecule has 1 fully saturated rings. The summed E-state index contributed by atoms with van der Waals surface area (Å²) in [5, 5.41) is 0.485. The SMILES string of the molecule is CC1CCN(CN2C(=O)C(=O)c3cc(Cl)ccc32)CC1. The second kappa shape index (κ2) is 5.19. The summed E-state index contributed by atoms with van der Waals surface area (Å²) >= 11 is 5.90. The standard InChI is InChI=1S/C15H17ClN2O2/c1-10-4-6-17(7-5-10)9-18-13-3-2-11(16)8-12(13)14(19)15(18)20/h2-3,8,10H,4-7,9H2,1H3. The number of nitrogens with zero attached hydrogens (tertiary/aromatic N) is 2. The van der Waals surface area contributed by atoms with Crippen LogP contribution in [0.25, 0.3) is 0 Å². The van der Waals surface area contributed by atoms with Gasteiger partial charge in [-0.2, -0.15) is 0 Å². The molecule has 0 aliphatic carbocycles. The van der Waals surface area contributed by atoms with Crippen LogP contribution in [-0.4, -0.2) is 36.3 Å². The highest BCUT2D eigenvalue weighted by Gasteiger charge is 2.36. The molecule has 1 saturated heterocycles. The summed E-state index contributed by atoms with van der Waals surface area (Å²) in [7, 11) is 0. The zero-order valence-electron chi connectivity index (χ0n) is 11.4. The third-order valence-corrected chi connectivity index (χ3v) is 4.39. The zero-order valence-corrected chi connectivity index (χ0v) is 12.2. The zero-order chi connectivity index (χ0) is 14.3. The quantitative estimate of drug-likeness (QED) is 0.787. The van der Waals surface area contributed by atoms with E-state index in [1.54, 1.807) is 23.1 Å². The number of piperidine rings is 1. The number of hydrogen-bond donors (Lipinski definition) is 0. The Labute approximate surface area is 123 Å². The van der Waals surface area contributed by atoms with Crippen LogP contribution in [0.2, 0.25) is 5.02 Å². The average Bonchev–Trinajstić information content (AvgIpc) is 2.66. The van der Waals surface area contributed by atoms with Gasteiger partial charge < -0.3 is 0 Å². The van der Waals surface area contributed by atoms with Crippen LogP contribution in [-0.2, 0) is 4.79 Å². The summed E-state index contributed by atoms with van der Waals surface area (Å²) < 4.78 is 0. The summed E-state index contributed by atoms with van der Waals surface area (Å²) in [6.07, 6.45) is 2.28. The number of benzene rings is 1. The summed E-state index contributed by atoms with van der Waals surface area (Å²) in [6, 6.07) is 5.06. The summed E-state index contributed by atoms with van der Waals surface area (Å²) in [6.45, 7) is 4.69. The van der Waals surface area contributed by atoms with E-state index in [2.05, 4.69) is 11.8 Å². The number of Topliss-reactive ketones (excluding diaryl/α,β-unsaturated/α-hetero) is 1. The predicted molar refractivity (Wildman–Crippen MR) is 78.1 cm³/mol. The molecular formula is C15H17ClN2O2. The molecule has 0 aromatic heterocycles. The normalized spacial score (nSPS) is 20.6. The number of carbonyl (C=O) groups is 2. The maximum absolute atomic E-state index is 12.1. The molecule has 5 heteroatoms. The molecule has 0 spiro atoms. The van der Waals surface area contributed by atoms with Crippen molar-refractivity contribution >= 4 is 29.0 Å². The molecular weight excluding hydrogens is 276 g/mol. The maximum Gasteiger partial charge on any atom is 0.300 e. The van der Waals surface area contributed by atoms with Crippen LogP contribution in [0.15, 0.2) is 18.2 Å². The van der Waals surface area contributed by atoms with Gasteiger partial charge in [0.15, 0.2) is 0 Å². The number of rotatable bonds is 2. The Balaban J connectivity index is 1.81. The molecule has 0 N–H and O–H groups in total. The Morgan fingerprint density at radius 2 is 1.95 bits per heavy atom. The second-order valence-electron chi connectivity index (χ2n) is 5.67. The number of amides is 1. The Bertz CT molecular complexity index is 565. The number of likely N-dealkylation sites (tertiary alicyclic amines) is 1. The summed E-state index contributed by atoms with van der Waals surface area (Å²) in [4.78, 5) is 27.9. The first-order valence-corrected chi connectivity index (χ1v) is 7.32. The van der Waals surface area contributed by atoms with Gasteiger partial charge in [0.25, 0.3) is 5.78 Å². The molecule has 1 aromatic rings. The minimum atomic E-state index is -0.451. The molecule has 0 unspecified atom stereocenters. The van der Waals surface area contributed by atoms with Gasteiger partial charge in [0.1, 0.15) is 0 Å². The van der Waals surface area contributed by atoms with Crippen LogP contribution < -0.4 is 4.90 Å². The van der Waals surface area contributed by atoms with Crippen LogP contribution in [0.1, 0.15) is 30.1 Å². The maximum atomic E-state index is 12.1. The first kappa shape index (κ1) is 13.6. The molecule has 3 rings (SSSR count). The Hall–Kier alpha value is -1.39. The molecule has 106 valence electrons. The van der Waals surface area contributed by atoms with Crippen LogP contribution in [0.5, 0.6) is 0 Å². The van der Waals surface area contributed by atoms with E-state index in [9.17, 15) is 9.59 Å². The molecule has 0 bridgehead atoms. The van der Waals surface area contributed by atoms with E-state index in [0.717, 1.165) is 31.8 Å². The van der Waals surface area contributed by atoms with Crippen molar-refractivity contribution in [1.82, 2.24) is 4.90 Å². The van der Waals surface area contributed by atoms with E-state index in [-0.39, 0.29) is 0 Å². The van der Waals surface area contributed by atoms with Crippen molar-refractivity contribution < 1.29 is 9.59 Å². The number of ketones is 1. The largest absolute Gasteiger partial charge is 0.300 e. The number of halogens is 1. The van der Waals surface area contributed by atoms with Crippen LogP contribution in [0, 0.1) is 5.92 Å². The molecule has 4 nitrogen and oxygen atoms in total. The Morgan fingerprint density at radius 3 is 2.65 bits per heavy atom. The van der Waals surface area contributed by atoms with E-state index < -0.39 is 11.7 Å². The number of fused-ring (bicyclic) bond motifs is 1. The molecule has 1 aromatic carbocycles.